The van der Waals surface area contributed by atoms with Crippen LogP contribution in [0.5, 0.6) is 0 Å². The summed E-state index contributed by atoms with van der Waals surface area (Å²) in [6.45, 7) is 0.0599. The van der Waals surface area contributed by atoms with Crippen molar-refractivity contribution in [2.24, 2.45) is 0 Å². The molecule has 2 N–H and O–H groups in total. The van der Waals surface area contributed by atoms with Crippen LogP contribution in [0.3, 0.4) is 0 Å². The number of hydrogen-bond donors (Lipinski definition) is 1. The number of carbonyl (C=O) groups is 1. The zero-order chi connectivity index (χ0) is 13.8. The fraction of sp³-hybridized carbons (Fsp3) is 0.167. The highest BCUT2D eigenvalue weighted by Crippen LogP contribution is 2.21. The summed E-state index contributed by atoms with van der Waals surface area (Å²) in [5.74, 6) is -0.431. The lowest BCUT2D eigenvalue weighted by Crippen LogP contribution is -2.13. The molecule has 5 nitrogen and oxygen atoms in total. The van der Waals surface area contributed by atoms with Crippen LogP contribution in [0.1, 0.15) is 5.56 Å². The molecule has 0 aliphatic carbocycles. The smallest absolute Gasteiger partial charge is 0.328 e. The highest BCUT2D eigenvalue weighted by atomic mass is 35.5. The Labute approximate surface area is 119 Å². The molecule has 0 radical (unpaired) electrons. The number of esters is 1. The minimum absolute atomic E-state index is 0.00458. The second kappa shape index (κ2) is 5.95. The van der Waals surface area contributed by atoms with Gasteiger partial charge >= 0.3 is 5.97 Å². The second-order valence-corrected chi connectivity index (χ2v) is 4.71. The summed E-state index contributed by atoms with van der Waals surface area (Å²) in [6.07, 6.45) is 3.01. The molecule has 100 valence electrons. The summed E-state index contributed by atoms with van der Waals surface area (Å²) in [6, 6.07) is 4.98. The Hall–Kier alpha value is -1.72. The molecular formula is C12H11Cl2N3O2. The van der Waals surface area contributed by atoms with E-state index in [1.165, 1.54) is 10.9 Å². The van der Waals surface area contributed by atoms with Crippen LogP contribution < -0.4 is 5.73 Å². The number of hydrogen-bond acceptors (Lipinski definition) is 4. The lowest BCUT2D eigenvalue weighted by atomic mass is 10.2. The number of nitrogen functional groups attached to an aromatic ring is 1. The largest absolute Gasteiger partial charge is 0.459 e. The fourth-order valence-electron chi connectivity index (χ4n) is 1.46. The molecule has 0 bridgehead atoms. The van der Waals surface area contributed by atoms with E-state index < -0.39 is 5.97 Å². The SMILES string of the molecule is Nc1cnn(CC(=O)OCc2cc(Cl)ccc2Cl)c1. The summed E-state index contributed by atoms with van der Waals surface area (Å²) in [5.41, 5.74) is 6.63. The van der Waals surface area contributed by atoms with Crippen molar-refractivity contribution in [3.05, 3.63) is 46.2 Å². The fourth-order valence-corrected chi connectivity index (χ4v) is 1.82. The Balaban J connectivity index is 1.91. The second-order valence-electron chi connectivity index (χ2n) is 3.87. The van der Waals surface area contributed by atoms with Crippen molar-refractivity contribution in [1.82, 2.24) is 9.78 Å². The maximum atomic E-state index is 11.6. The minimum atomic E-state index is -0.431. The van der Waals surface area contributed by atoms with Gasteiger partial charge in [-0.1, -0.05) is 23.2 Å². The van der Waals surface area contributed by atoms with Crippen LogP contribution in [0.25, 0.3) is 0 Å². The van der Waals surface area contributed by atoms with Crippen LogP contribution in [-0.2, 0) is 22.7 Å². The van der Waals surface area contributed by atoms with Crippen LogP contribution in [-0.4, -0.2) is 15.7 Å². The molecule has 0 atom stereocenters. The zero-order valence-corrected chi connectivity index (χ0v) is 11.4. The molecule has 0 saturated carbocycles. The minimum Gasteiger partial charge on any atom is -0.459 e. The third-order valence-corrected chi connectivity index (χ3v) is 2.94. The van der Waals surface area contributed by atoms with E-state index in [9.17, 15) is 4.79 Å². The lowest BCUT2D eigenvalue weighted by Gasteiger charge is -2.07. The van der Waals surface area contributed by atoms with E-state index in [2.05, 4.69) is 5.10 Å². The van der Waals surface area contributed by atoms with Crippen molar-refractivity contribution in [1.29, 1.82) is 0 Å². The summed E-state index contributed by atoms with van der Waals surface area (Å²) in [4.78, 5) is 11.6. The number of carbonyl (C=O) groups excluding carboxylic acids is 1. The Bertz CT molecular complexity index is 598. The van der Waals surface area contributed by atoms with Gasteiger partial charge in [0.05, 0.1) is 11.9 Å². The van der Waals surface area contributed by atoms with E-state index in [1.807, 2.05) is 0 Å². The molecule has 2 aromatic rings. The average Bonchev–Trinajstić information content (AvgIpc) is 2.76. The van der Waals surface area contributed by atoms with E-state index in [4.69, 9.17) is 33.7 Å². The van der Waals surface area contributed by atoms with Gasteiger partial charge < -0.3 is 10.5 Å². The summed E-state index contributed by atoms with van der Waals surface area (Å²) >= 11 is 11.8. The van der Waals surface area contributed by atoms with Gasteiger partial charge in [-0.05, 0) is 18.2 Å². The molecule has 19 heavy (non-hydrogen) atoms. The third kappa shape index (κ3) is 3.87. The number of rotatable bonds is 4. The average molecular weight is 300 g/mol. The van der Waals surface area contributed by atoms with E-state index in [1.54, 1.807) is 24.4 Å². The number of ether oxygens (including phenoxy) is 1. The molecule has 0 saturated heterocycles. The molecule has 0 spiro atoms. The van der Waals surface area contributed by atoms with Gasteiger partial charge in [-0.2, -0.15) is 5.10 Å². The molecule has 1 aromatic carbocycles. The Morgan fingerprint density at radius 1 is 1.42 bits per heavy atom. The quantitative estimate of drug-likeness (QED) is 0.881. The first kappa shape index (κ1) is 13.7. The Morgan fingerprint density at radius 3 is 2.89 bits per heavy atom. The lowest BCUT2D eigenvalue weighted by molar-refractivity contribution is -0.145. The molecule has 7 heteroatoms. The number of anilines is 1. The van der Waals surface area contributed by atoms with Gasteiger partial charge in [0.15, 0.2) is 0 Å². The van der Waals surface area contributed by atoms with E-state index in [0.717, 1.165) is 0 Å². The van der Waals surface area contributed by atoms with Crippen molar-refractivity contribution in [3.63, 3.8) is 0 Å². The molecule has 0 amide bonds. The van der Waals surface area contributed by atoms with Gasteiger partial charge in [0.1, 0.15) is 13.2 Å². The summed E-state index contributed by atoms with van der Waals surface area (Å²) in [5, 5.41) is 4.92. The highest BCUT2D eigenvalue weighted by Gasteiger charge is 2.08. The van der Waals surface area contributed by atoms with Crippen LogP contribution in [0.15, 0.2) is 30.6 Å². The predicted octanol–water partition coefficient (Wildman–Crippen LogP) is 2.52. The van der Waals surface area contributed by atoms with Gasteiger partial charge in [0, 0.05) is 21.8 Å². The highest BCUT2D eigenvalue weighted by molar-refractivity contribution is 6.33. The molecular weight excluding hydrogens is 289 g/mol. The maximum Gasteiger partial charge on any atom is 0.328 e. The maximum absolute atomic E-state index is 11.6. The number of nitrogens with two attached hydrogens (primary N) is 1. The molecule has 1 aromatic heterocycles. The first-order valence-electron chi connectivity index (χ1n) is 5.42. The van der Waals surface area contributed by atoms with Gasteiger partial charge in [0.2, 0.25) is 0 Å². The molecule has 0 unspecified atom stereocenters. The number of halogens is 2. The van der Waals surface area contributed by atoms with E-state index in [0.29, 0.717) is 21.3 Å². The topological polar surface area (TPSA) is 70.1 Å². The number of nitrogens with zero attached hydrogens (tertiary/aromatic N) is 2. The Kier molecular flexibility index (Phi) is 4.29. The summed E-state index contributed by atoms with van der Waals surface area (Å²) in [7, 11) is 0. The van der Waals surface area contributed by atoms with Crippen molar-refractivity contribution in [2.75, 3.05) is 5.73 Å². The van der Waals surface area contributed by atoms with Gasteiger partial charge in [0.25, 0.3) is 0 Å². The van der Waals surface area contributed by atoms with Crippen LogP contribution >= 0.6 is 23.2 Å². The van der Waals surface area contributed by atoms with Crippen molar-refractivity contribution in [3.8, 4) is 0 Å². The van der Waals surface area contributed by atoms with Gasteiger partial charge in [-0.25, -0.2) is 0 Å². The molecule has 0 aliphatic heterocycles. The zero-order valence-electron chi connectivity index (χ0n) is 9.85. The van der Waals surface area contributed by atoms with Crippen LogP contribution in [0.2, 0.25) is 10.0 Å². The molecule has 2 rings (SSSR count). The standard InChI is InChI=1S/C12H11Cl2N3O2/c13-9-1-2-11(14)8(3-9)7-19-12(18)6-17-5-10(15)4-16-17/h1-5H,6-7,15H2. The number of benzene rings is 1. The first-order valence-corrected chi connectivity index (χ1v) is 6.17. The van der Waals surface area contributed by atoms with Gasteiger partial charge in [-0.15, -0.1) is 0 Å². The van der Waals surface area contributed by atoms with Crippen molar-refractivity contribution in [2.45, 2.75) is 13.2 Å². The van der Waals surface area contributed by atoms with E-state index >= 15 is 0 Å². The van der Waals surface area contributed by atoms with Crippen molar-refractivity contribution >= 4 is 34.9 Å². The number of aromatic nitrogens is 2. The van der Waals surface area contributed by atoms with Crippen LogP contribution in [0.4, 0.5) is 5.69 Å². The normalized spacial score (nSPS) is 10.4. The molecule has 0 fully saturated rings. The summed E-state index contributed by atoms with van der Waals surface area (Å²) < 4.78 is 6.49. The Morgan fingerprint density at radius 2 is 2.21 bits per heavy atom. The van der Waals surface area contributed by atoms with E-state index in [-0.39, 0.29) is 13.2 Å². The van der Waals surface area contributed by atoms with Gasteiger partial charge in [-0.3, -0.25) is 9.48 Å². The van der Waals surface area contributed by atoms with Crippen LogP contribution in [0, 0.1) is 0 Å². The first-order chi connectivity index (χ1) is 9.04. The molecule has 1 heterocycles. The third-order valence-electron chi connectivity index (χ3n) is 2.34. The monoisotopic (exact) mass is 299 g/mol. The predicted molar refractivity (Wildman–Crippen MR) is 72.9 cm³/mol. The molecule has 0 aliphatic rings. The van der Waals surface area contributed by atoms with Crippen molar-refractivity contribution < 1.29 is 9.53 Å².